The second kappa shape index (κ2) is 3.41. The molecule has 1 fully saturated rings. The molecule has 0 unspecified atom stereocenters. The van der Waals surface area contributed by atoms with Gasteiger partial charge in [0.05, 0.1) is 7.11 Å². The molecule has 1 aliphatic carbocycles. The van der Waals surface area contributed by atoms with Gasteiger partial charge in [0.25, 0.3) is 5.91 Å². The molecule has 1 amide bonds. The summed E-state index contributed by atoms with van der Waals surface area (Å²) in [7, 11) is 3.14. The number of nitrogens with zero attached hydrogens (tertiary/aromatic N) is 1. The van der Waals surface area contributed by atoms with Crippen LogP contribution in [0.2, 0.25) is 0 Å². The van der Waals surface area contributed by atoms with Gasteiger partial charge in [-0.3, -0.25) is 9.63 Å². The summed E-state index contributed by atoms with van der Waals surface area (Å²) in [5.41, 5.74) is -0.306. The smallest absolute Gasteiger partial charge is 0.266 e. The Hall–Kier alpha value is -0.610. The van der Waals surface area contributed by atoms with Crippen LogP contribution in [0.5, 0.6) is 0 Å². The van der Waals surface area contributed by atoms with Crippen LogP contribution in [0, 0.1) is 0 Å². The van der Waals surface area contributed by atoms with E-state index in [4.69, 9.17) is 4.84 Å². The molecule has 1 saturated carbocycles. The maximum Gasteiger partial charge on any atom is 0.266 e. The molecular weight excluding hydrogens is 156 g/mol. The maximum absolute atomic E-state index is 11.6. The molecule has 70 valence electrons. The zero-order chi connectivity index (χ0) is 9.19. The summed E-state index contributed by atoms with van der Waals surface area (Å²) < 4.78 is 0. The highest BCUT2D eigenvalue weighted by Gasteiger charge is 2.50. The second-order valence-electron chi connectivity index (χ2n) is 3.10. The van der Waals surface area contributed by atoms with E-state index in [2.05, 4.69) is 5.32 Å². The lowest BCUT2D eigenvalue weighted by Gasteiger charge is -2.21. The van der Waals surface area contributed by atoms with Gasteiger partial charge in [0.1, 0.15) is 5.54 Å². The van der Waals surface area contributed by atoms with E-state index in [0.29, 0.717) is 0 Å². The SMILES string of the molecule is CCNC1(C(=O)N(C)OC)CC1. The summed E-state index contributed by atoms with van der Waals surface area (Å²) in [6, 6.07) is 0. The number of rotatable bonds is 4. The van der Waals surface area contributed by atoms with Crippen molar-refractivity contribution in [2.24, 2.45) is 0 Å². The average molecular weight is 172 g/mol. The normalized spacial score (nSPS) is 18.9. The molecule has 0 atom stereocenters. The number of hydrogen-bond acceptors (Lipinski definition) is 3. The molecule has 1 aliphatic rings. The molecule has 0 saturated heterocycles. The number of likely N-dealkylation sites (N-methyl/N-ethyl adjacent to an activating group) is 2. The van der Waals surface area contributed by atoms with Crippen LogP contribution in [0.3, 0.4) is 0 Å². The molecule has 0 bridgehead atoms. The minimum absolute atomic E-state index is 0.0341. The molecular formula is C8H16N2O2. The monoisotopic (exact) mass is 172 g/mol. The van der Waals surface area contributed by atoms with Gasteiger partial charge < -0.3 is 5.32 Å². The van der Waals surface area contributed by atoms with Crippen molar-refractivity contribution >= 4 is 5.91 Å². The first-order valence-electron chi connectivity index (χ1n) is 4.23. The molecule has 0 aromatic heterocycles. The fourth-order valence-corrected chi connectivity index (χ4v) is 1.31. The number of amides is 1. The van der Waals surface area contributed by atoms with Gasteiger partial charge >= 0.3 is 0 Å². The fraction of sp³-hybridized carbons (Fsp3) is 0.875. The summed E-state index contributed by atoms with van der Waals surface area (Å²) in [5, 5.41) is 4.46. The minimum atomic E-state index is -0.306. The number of hydroxylamine groups is 2. The van der Waals surface area contributed by atoms with E-state index in [9.17, 15) is 4.79 Å². The van der Waals surface area contributed by atoms with Crippen molar-refractivity contribution in [1.82, 2.24) is 10.4 Å². The summed E-state index contributed by atoms with van der Waals surface area (Å²) in [5.74, 6) is 0.0341. The molecule has 1 rings (SSSR count). The first-order valence-corrected chi connectivity index (χ1v) is 4.23. The Kier molecular flexibility index (Phi) is 2.69. The average Bonchev–Trinajstić information content (AvgIpc) is 2.84. The van der Waals surface area contributed by atoms with Crippen molar-refractivity contribution in [3.63, 3.8) is 0 Å². The van der Waals surface area contributed by atoms with Crippen molar-refractivity contribution in [3.8, 4) is 0 Å². The van der Waals surface area contributed by atoms with E-state index in [1.165, 1.54) is 12.2 Å². The van der Waals surface area contributed by atoms with Crippen molar-refractivity contribution in [2.45, 2.75) is 25.3 Å². The van der Waals surface area contributed by atoms with Gasteiger partial charge in [-0.2, -0.15) is 0 Å². The zero-order valence-corrected chi connectivity index (χ0v) is 7.89. The Morgan fingerprint density at radius 3 is 2.58 bits per heavy atom. The summed E-state index contributed by atoms with van der Waals surface area (Å²) >= 11 is 0. The first-order chi connectivity index (χ1) is 5.66. The fourth-order valence-electron chi connectivity index (χ4n) is 1.31. The molecule has 0 aromatic rings. The van der Waals surface area contributed by atoms with E-state index in [-0.39, 0.29) is 11.4 Å². The van der Waals surface area contributed by atoms with Crippen LogP contribution in [0.4, 0.5) is 0 Å². The van der Waals surface area contributed by atoms with Crippen LogP contribution in [-0.2, 0) is 9.63 Å². The van der Waals surface area contributed by atoms with Crippen LogP contribution < -0.4 is 5.32 Å². The van der Waals surface area contributed by atoms with Crippen LogP contribution in [0.1, 0.15) is 19.8 Å². The molecule has 4 nitrogen and oxygen atoms in total. The molecule has 12 heavy (non-hydrogen) atoms. The highest BCUT2D eigenvalue weighted by Crippen LogP contribution is 2.36. The zero-order valence-electron chi connectivity index (χ0n) is 7.89. The molecule has 0 heterocycles. The largest absolute Gasteiger partial charge is 0.304 e. The van der Waals surface area contributed by atoms with Gasteiger partial charge in [-0.15, -0.1) is 0 Å². The van der Waals surface area contributed by atoms with E-state index >= 15 is 0 Å². The van der Waals surface area contributed by atoms with Crippen LogP contribution in [0.25, 0.3) is 0 Å². The quantitative estimate of drug-likeness (QED) is 0.614. The Labute approximate surface area is 72.8 Å². The number of hydrogen-bond donors (Lipinski definition) is 1. The lowest BCUT2D eigenvalue weighted by atomic mass is 10.2. The van der Waals surface area contributed by atoms with Gasteiger partial charge in [-0.05, 0) is 19.4 Å². The lowest BCUT2D eigenvalue weighted by Crippen LogP contribution is -2.46. The Morgan fingerprint density at radius 1 is 1.67 bits per heavy atom. The van der Waals surface area contributed by atoms with Gasteiger partial charge in [-0.25, -0.2) is 5.06 Å². The van der Waals surface area contributed by atoms with E-state index < -0.39 is 0 Å². The third kappa shape index (κ3) is 1.59. The molecule has 0 radical (unpaired) electrons. The third-order valence-corrected chi connectivity index (χ3v) is 2.23. The number of carbonyl (C=O) groups is 1. The minimum Gasteiger partial charge on any atom is -0.304 e. The van der Waals surface area contributed by atoms with Crippen LogP contribution in [0.15, 0.2) is 0 Å². The Bertz CT molecular complexity index is 178. The number of nitrogens with one attached hydrogen (secondary N) is 1. The van der Waals surface area contributed by atoms with Gasteiger partial charge in [-0.1, -0.05) is 6.92 Å². The lowest BCUT2D eigenvalue weighted by molar-refractivity contribution is -0.172. The molecule has 1 N–H and O–H groups in total. The first kappa shape index (κ1) is 9.48. The summed E-state index contributed by atoms with van der Waals surface area (Å²) in [4.78, 5) is 16.4. The highest BCUT2D eigenvalue weighted by atomic mass is 16.7. The predicted molar refractivity (Wildman–Crippen MR) is 45.4 cm³/mol. The van der Waals surface area contributed by atoms with E-state index in [0.717, 1.165) is 19.4 Å². The maximum atomic E-state index is 11.6. The molecule has 0 spiro atoms. The van der Waals surface area contributed by atoms with Crippen molar-refractivity contribution in [3.05, 3.63) is 0 Å². The summed E-state index contributed by atoms with van der Waals surface area (Å²) in [6.07, 6.45) is 1.85. The predicted octanol–water partition coefficient (Wildman–Crippen LogP) is 0.148. The van der Waals surface area contributed by atoms with E-state index in [1.807, 2.05) is 6.92 Å². The van der Waals surface area contributed by atoms with Crippen molar-refractivity contribution in [1.29, 1.82) is 0 Å². The molecule has 0 aliphatic heterocycles. The highest BCUT2D eigenvalue weighted by molar-refractivity contribution is 5.88. The summed E-state index contributed by atoms with van der Waals surface area (Å²) in [6.45, 7) is 2.82. The van der Waals surface area contributed by atoms with E-state index in [1.54, 1.807) is 7.05 Å². The second-order valence-corrected chi connectivity index (χ2v) is 3.10. The number of carbonyl (C=O) groups excluding carboxylic acids is 1. The van der Waals surface area contributed by atoms with Gasteiger partial charge in [0.2, 0.25) is 0 Å². The van der Waals surface area contributed by atoms with Crippen LogP contribution in [-0.4, -0.2) is 37.2 Å². The standard InChI is InChI=1S/C8H16N2O2/c1-4-9-8(5-6-8)7(11)10(2)12-3/h9H,4-6H2,1-3H3. The van der Waals surface area contributed by atoms with Gasteiger partial charge in [0, 0.05) is 7.05 Å². The van der Waals surface area contributed by atoms with Crippen molar-refractivity contribution in [2.75, 3.05) is 20.7 Å². The third-order valence-electron chi connectivity index (χ3n) is 2.23. The Balaban J connectivity index is 2.51. The molecule has 4 heteroatoms. The van der Waals surface area contributed by atoms with Crippen LogP contribution >= 0.6 is 0 Å². The van der Waals surface area contributed by atoms with Gasteiger partial charge in [0.15, 0.2) is 0 Å². The Morgan fingerprint density at radius 2 is 2.25 bits per heavy atom. The molecule has 0 aromatic carbocycles. The topological polar surface area (TPSA) is 41.6 Å². The van der Waals surface area contributed by atoms with Crippen molar-refractivity contribution < 1.29 is 9.63 Å².